The lowest BCUT2D eigenvalue weighted by Crippen LogP contribution is -2.38. The second-order valence-electron chi connectivity index (χ2n) is 4.30. The lowest BCUT2D eigenvalue weighted by atomic mass is 10.2. The Morgan fingerprint density at radius 1 is 1.39 bits per heavy atom. The summed E-state index contributed by atoms with van der Waals surface area (Å²) in [6.07, 6.45) is 1.92. The van der Waals surface area contributed by atoms with Crippen LogP contribution in [0.15, 0.2) is 29.2 Å². The molecule has 1 saturated heterocycles. The third kappa shape index (κ3) is 3.26. The summed E-state index contributed by atoms with van der Waals surface area (Å²) in [5.74, 6) is 1.92. The molecule has 6 heteroatoms. The first-order valence-corrected chi connectivity index (χ1v) is 8.56. The maximum atomic E-state index is 12.2. The third-order valence-corrected chi connectivity index (χ3v) is 5.75. The molecule has 18 heavy (non-hydrogen) atoms. The molecule has 0 bridgehead atoms. The fourth-order valence-corrected chi connectivity index (χ4v) is 4.69. The minimum atomic E-state index is -3.53. The average molecular weight is 287 g/mol. The Kier molecular flexibility index (Phi) is 4.66. The quantitative estimate of drug-likeness (QED) is 0.877. The van der Waals surface area contributed by atoms with Crippen LogP contribution in [-0.4, -0.2) is 31.1 Å². The molecule has 1 aromatic carbocycles. The predicted octanol–water partition coefficient (Wildman–Crippen LogP) is 1.35. The van der Waals surface area contributed by atoms with Crippen molar-refractivity contribution < 1.29 is 13.5 Å². The summed E-state index contributed by atoms with van der Waals surface area (Å²) in [5.41, 5.74) is 0.438. The standard InChI is InChI=1S/C12H17NO3S2/c14-8-10-4-1-2-6-12(10)18(15,16)13-11-5-3-7-17-9-11/h1-2,4,6,11,13-14H,3,5,7-9H2. The number of hydrogen-bond donors (Lipinski definition) is 2. The van der Waals surface area contributed by atoms with Gasteiger partial charge in [-0.05, 0) is 30.2 Å². The Bertz CT molecular complexity index is 496. The fraction of sp³-hybridized carbons (Fsp3) is 0.500. The summed E-state index contributed by atoms with van der Waals surface area (Å²) in [4.78, 5) is 0.183. The molecule has 100 valence electrons. The molecule has 1 heterocycles. The van der Waals surface area contributed by atoms with Crippen LogP contribution < -0.4 is 4.72 Å². The van der Waals surface area contributed by atoms with E-state index in [0.29, 0.717) is 5.56 Å². The molecule has 0 spiro atoms. The van der Waals surface area contributed by atoms with Gasteiger partial charge in [0.05, 0.1) is 11.5 Å². The van der Waals surface area contributed by atoms with Crippen LogP contribution in [0.25, 0.3) is 0 Å². The van der Waals surface area contributed by atoms with Gasteiger partial charge < -0.3 is 5.11 Å². The van der Waals surface area contributed by atoms with E-state index in [0.717, 1.165) is 24.3 Å². The molecule has 2 rings (SSSR count). The monoisotopic (exact) mass is 287 g/mol. The van der Waals surface area contributed by atoms with Crippen molar-refractivity contribution in [2.45, 2.75) is 30.4 Å². The highest BCUT2D eigenvalue weighted by Gasteiger charge is 2.23. The van der Waals surface area contributed by atoms with Gasteiger partial charge in [0.15, 0.2) is 0 Å². The number of aliphatic hydroxyl groups excluding tert-OH is 1. The second kappa shape index (κ2) is 6.06. The Hall–Kier alpha value is -0.560. The summed E-state index contributed by atoms with van der Waals surface area (Å²) in [5, 5.41) is 9.19. The highest BCUT2D eigenvalue weighted by molar-refractivity contribution is 7.99. The topological polar surface area (TPSA) is 66.4 Å². The van der Waals surface area contributed by atoms with Crippen LogP contribution in [0, 0.1) is 0 Å². The molecule has 1 aromatic rings. The molecule has 0 amide bonds. The van der Waals surface area contributed by atoms with Gasteiger partial charge in [-0.3, -0.25) is 0 Å². The van der Waals surface area contributed by atoms with Crippen molar-refractivity contribution in [3.05, 3.63) is 29.8 Å². The first-order chi connectivity index (χ1) is 8.63. The van der Waals surface area contributed by atoms with Gasteiger partial charge in [-0.2, -0.15) is 11.8 Å². The Morgan fingerprint density at radius 2 is 2.17 bits per heavy atom. The number of benzene rings is 1. The molecular formula is C12H17NO3S2. The van der Waals surface area contributed by atoms with Gasteiger partial charge in [0.1, 0.15) is 0 Å². The van der Waals surface area contributed by atoms with Crippen molar-refractivity contribution in [3.63, 3.8) is 0 Å². The Labute approximate surface area is 112 Å². The largest absolute Gasteiger partial charge is 0.392 e. The van der Waals surface area contributed by atoms with E-state index in [1.165, 1.54) is 6.07 Å². The van der Waals surface area contributed by atoms with Crippen molar-refractivity contribution in [3.8, 4) is 0 Å². The van der Waals surface area contributed by atoms with Crippen LogP contribution >= 0.6 is 11.8 Å². The number of thioether (sulfide) groups is 1. The summed E-state index contributed by atoms with van der Waals surface area (Å²) in [6, 6.07) is 6.55. The maximum absolute atomic E-state index is 12.2. The number of aliphatic hydroxyl groups is 1. The van der Waals surface area contributed by atoms with Gasteiger partial charge in [-0.25, -0.2) is 13.1 Å². The SMILES string of the molecule is O=S(=O)(NC1CCCSC1)c1ccccc1CO. The van der Waals surface area contributed by atoms with Gasteiger partial charge in [-0.15, -0.1) is 0 Å². The molecule has 1 aliphatic rings. The van der Waals surface area contributed by atoms with E-state index < -0.39 is 10.0 Å². The zero-order chi connectivity index (χ0) is 13.0. The molecular weight excluding hydrogens is 270 g/mol. The molecule has 0 radical (unpaired) electrons. The first kappa shape index (κ1) is 13.9. The van der Waals surface area contributed by atoms with E-state index >= 15 is 0 Å². The van der Waals surface area contributed by atoms with Gasteiger partial charge in [0.25, 0.3) is 0 Å². The Balaban J connectivity index is 2.19. The van der Waals surface area contributed by atoms with Crippen molar-refractivity contribution in [1.82, 2.24) is 4.72 Å². The van der Waals surface area contributed by atoms with E-state index in [2.05, 4.69) is 4.72 Å². The highest BCUT2D eigenvalue weighted by atomic mass is 32.2. The van der Waals surface area contributed by atoms with Crippen LogP contribution in [0.3, 0.4) is 0 Å². The van der Waals surface area contributed by atoms with E-state index in [1.54, 1.807) is 30.0 Å². The van der Waals surface area contributed by atoms with Gasteiger partial charge in [-0.1, -0.05) is 18.2 Å². The minimum absolute atomic E-state index is 0.000462. The van der Waals surface area contributed by atoms with Crippen LogP contribution in [-0.2, 0) is 16.6 Å². The lowest BCUT2D eigenvalue weighted by molar-refractivity contribution is 0.278. The zero-order valence-corrected chi connectivity index (χ0v) is 11.6. The molecule has 0 aliphatic carbocycles. The minimum Gasteiger partial charge on any atom is -0.392 e. The first-order valence-electron chi connectivity index (χ1n) is 5.92. The number of rotatable bonds is 4. The van der Waals surface area contributed by atoms with E-state index in [1.807, 2.05) is 0 Å². The van der Waals surface area contributed by atoms with Gasteiger partial charge in [0.2, 0.25) is 10.0 Å². The van der Waals surface area contributed by atoms with Crippen LogP contribution in [0.5, 0.6) is 0 Å². The van der Waals surface area contributed by atoms with Gasteiger partial charge >= 0.3 is 0 Å². The zero-order valence-electron chi connectivity index (χ0n) is 10.0. The van der Waals surface area contributed by atoms with Crippen molar-refractivity contribution in [1.29, 1.82) is 0 Å². The van der Waals surface area contributed by atoms with Gasteiger partial charge in [0, 0.05) is 11.8 Å². The summed E-state index contributed by atoms with van der Waals surface area (Å²) in [6.45, 7) is -0.267. The number of nitrogens with one attached hydrogen (secondary N) is 1. The lowest BCUT2D eigenvalue weighted by Gasteiger charge is -2.22. The molecule has 0 aromatic heterocycles. The molecule has 4 nitrogen and oxygen atoms in total. The van der Waals surface area contributed by atoms with E-state index in [9.17, 15) is 13.5 Å². The molecule has 1 atom stereocenters. The molecule has 0 saturated carbocycles. The molecule has 1 aliphatic heterocycles. The maximum Gasteiger partial charge on any atom is 0.241 e. The summed E-state index contributed by atoms with van der Waals surface area (Å²) < 4.78 is 27.2. The Morgan fingerprint density at radius 3 is 2.83 bits per heavy atom. The molecule has 2 N–H and O–H groups in total. The second-order valence-corrected chi connectivity index (χ2v) is 7.13. The predicted molar refractivity (Wildman–Crippen MR) is 73.0 cm³/mol. The van der Waals surface area contributed by atoms with Crippen molar-refractivity contribution in [2.75, 3.05) is 11.5 Å². The van der Waals surface area contributed by atoms with Crippen LogP contribution in [0.2, 0.25) is 0 Å². The van der Waals surface area contributed by atoms with Crippen molar-refractivity contribution >= 4 is 21.8 Å². The normalized spacial score (nSPS) is 20.8. The number of sulfonamides is 1. The fourth-order valence-electron chi connectivity index (χ4n) is 2.01. The van der Waals surface area contributed by atoms with Crippen molar-refractivity contribution in [2.24, 2.45) is 0 Å². The summed E-state index contributed by atoms with van der Waals surface area (Å²) >= 11 is 1.77. The number of hydrogen-bond acceptors (Lipinski definition) is 4. The average Bonchev–Trinajstić information content (AvgIpc) is 2.39. The van der Waals surface area contributed by atoms with E-state index in [-0.39, 0.29) is 17.5 Å². The van der Waals surface area contributed by atoms with Crippen LogP contribution in [0.4, 0.5) is 0 Å². The van der Waals surface area contributed by atoms with Crippen LogP contribution in [0.1, 0.15) is 18.4 Å². The smallest absolute Gasteiger partial charge is 0.241 e. The molecule has 1 fully saturated rings. The highest BCUT2D eigenvalue weighted by Crippen LogP contribution is 2.21. The van der Waals surface area contributed by atoms with E-state index in [4.69, 9.17) is 0 Å². The molecule has 1 unspecified atom stereocenters. The third-order valence-electron chi connectivity index (χ3n) is 2.91. The summed E-state index contributed by atoms with van der Waals surface area (Å²) in [7, 11) is -3.53.